The zero-order valence-electron chi connectivity index (χ0n) is 5.58. The molecular weight excluding hydrogens is 130 g/mol. The molecule has 0 bridgehead atoms. The molecule has 0 spiro atoms. The number of nitrogens with one attached hydrogen (secondary N) is 1. The van der Waals surface area contributed by atoms with E-state index in [9.17, 15) is 5.21 Å². The van der Waals surface area contributed by atoms with Gasteiger partial charge < -0.3 is 10.3 Å². The van der Waals surface area contributed by atoms with Crippen molar-refractivity contribution in [3.05, 3.63) is 23.2 Å². The minimum atomic E-state index is 0.327. The molecule has 1 aliphatic rings. The molecule has 10 heavy (non-hydrogen) atoms. The molecule has 54 valence electrons. The minimum Gasteiger partial charge on any atom is -0.634 e. The van der Waals surface area contributed by atoms with Crippen molar-refractivity contribution >= 4 is 0 Å². The van der Waals surface area contributed by atoms with Crippen molar-refractivity contribution in [2.75, 3.05) is 6.54 Å². The SMILES string of the molecule is [O-][NH+]1CCn2nccc2C1. The van der Waals surface area contributed by atoms with Crippen LogP contribution in [0.1, 0.15) is 5.69 Å². The van der Waals surface area contributed by atoms with Gasteiger partial charge in [-0.3, -0.25) is 4.68 Å². The maximum atomic E-state index is 10.9. The molecule has 1 aliphatic heterocycles. The number of hydrogen-bond donors (Lipinski definition) is 1. The molecule has 1 atom stereocenters. The van der Waals surface area contributed by atoms with Gasteiger partial charge in [-0.05, 0) is 6.07 Å². The Hall–Kier alpha value is -0.870. The van der Waals surface area contributed by atoms with Crippen LogP contribution in [0.15, 0.2) is 12.3 Å². The number of hydroxylamine groups is 2. The van der Waals surface area contributed by atoms with Crippen molar-refractivity contribution in [1.29, 1.82) is 0 Å². The number of hydrogen-bond acceptors (Lipinski definition) is 2. The summed E-state index contributed by atoms with van der Waals surface area (Å²) in [6.45, 7) is 1.98. The van der Waals surface area contributed by atoms with Crippen molar-refractivity contribution in [2.45, 2.75) is 13.1 Å². The fourth-order valence-corrected chi connectivity index (χ4v) is 1.23. The second-order valence-electron chi connectivity index (χ2n) is 2.51. The zero-order valence-corrected chi connectivity index (χ0v) is 5.58. The lowest BCUT2D eigenvalue weighted by Gasteiger charge is -2.26. The van der Waals surface area contributed by atoms with E-state index in [2.05, 4.69) is 5.10 Å². The van der Waals surface area contributed by atoms with Gasteiger partial charge in [0.1, 0.15) is 6.54 Å². The lowest BCUT2D eigenvalue weighted by molar-refractivity contribution is -0.867. The second kappa shape index (κ2) is 2.07. The first-order valence-electron chi connectivity index (χ1n) is 3.38. The molecule has 0 fully saturated rings. The van der Waals surface area contributed by atoms with Gasteiger partial charge in [0.05, 0.1) is 18.8 Å². The fourth-order valence-electron chi connectivity index (χ4n) is 1.23. The van der Waals surface area contributed by atoms with E-state index in [1.807, 2.05) is 10.7 Å². The van der Waals surface area contributed by atoms with Crippen LogP contribution in [0.3, 0.4) is 0 Å². The number of nitrogens with zero attached hydrogens (tertiary/aromatic N) is 2. The first-order chi connectivity index (χ1) is 4.86. The van der Waals surface area contributed by atoms with E-state index in [1.54, 1.807) is 6.20 Å². The molecule has 0 saturated heterocycles. The van der Waals surface area contributed by atoms with Crippen LogP contribution in [0.2, 0.25) is 0 Å². The van der Waals surface area contributed by atoms with E-state index in [-0.39, 0.29) is 0 Å². The van der Waals surface area contributed by atoms with Crippen LogP contribution in [0.5, 0.6) is 0 Å². The molecule has 1 aromatic heterocycles. The van der Waals surface area contributed by atoms with Crippen molar-refractivity contribution in [3.8, 4) is 0 Å². The molecule has 0 aliphatic carbocycles. The summed E-state index contributed by atoms with van der Waals surface area (Å²) in [4.78, 5) is 0. The smallest absolute Gasteiger partial charge is 0.119 e. The van der Waals surface area contributed by atoms with Crippen molar-refractivity contribution in [1.82, 2.24) is 9.78 Å². The molecule has 1 unspecified atom stereocenters. The Balaban J connectivity index is 2.30. The standard InChI is InChI=1S/C6H9N3O/c10-8-3-4-9-6(5-8)1-2-7-9/h1-2,8H,3-5H2. The van der Waals surface area contributed by atoms with Crippen molar-refractivity contribution in [3.63, 3.8) is 0 Å². The van der Waals surface area contributed by atoms with Crippen LogP contribution < -0.4 is 5.06 Å². The van der Waals surface area contributed by atoms with Gasteiger partial charge in [-0.1, -0.05) is 0 Å². The van der Waals surface area contributed by atoms with Crippen molar-refractivity contribution in [2.24, 2.45) is 0 Å². The molecule has 2 heterocycles. The molecule has 1 aromatic rings. The van der Waals surface area contributed by atoms with E-state index in [4.69, 9.17) is 0 Å². The summed E-state index contributed by atoms with van der Waals surface area (Å²) in [6.07, 6.45) is 1.74. The van der Waals surface area contributed by atoms with Crippen molar-refractivity contribution < 1.29 is 5.06 Å². The maximum Gasteiger partial charge on any atom is 0.119 e. The summed E-state index contributed by atoms with van der Waals surface area (Å²) >= 11 is 0. The minimum absolute atomic E-state index is 0.327. The van der Waals surface area contributed by atoms with Crippen LogP contribution in [-0.4, -0.2) is 16.3 Å². The molecule has 2 rings (SSSR count). The van der Waals surface area contributed by atoms with Crippen LogP contribution in [0.4, 0.5) is 0 Å². The Bertz CT molecular complexity index is 233. The summed E-state index contributed by atoms with van der Waals surface area (Å²) < 4.78 is 1.89. The first kappa shape index (κ1) is 5.88. The Morgan fingerprint density at radius 1 is 1.70 bits per heavy atom. The van der Waals surface area contributed by atoms with Gasteiger partial charge in [-0.25, -0.2) is 0 Å². The maximum absolute atomic E-state index is 10.9. The number of fused-ring (bicyclic) bond motifs is 1. The lowest BCUT2D eigenvalue weighted by Crippen LogP contribution is -3.07. The third-order valence-electron chi connectivity index (χ3n) is 1.79. The average molecular weight is 139 g/mol. The van der Waals surface area contributed by atoms with Gasteiger partial charge in [0.15, 0.2) is 0 Å². The number of aromatic nitrogens is 2. The molecule has 0 amide bonds. The Kier molecular flexibility index (Phi) is 1.22. The van der Waals surface area contributed by atoms with Gasteiger partial charge in [0, 0.05) is 6.20 Å². The third-order valence-corrected chi connectivity index (χ3v) is 1.79. The first-order valence-corrected chi connectivity index (χ1v) is 3.38. The Morgan fingerprint density at radius 3 is 3.50 bits per heavy atom. The third kappa shape index (κ3) is 0.815. The summed E-state index contributed by atoms with van der Waals surface area (Å²) in [6, 6.07) is 1.90. The topological polar surface area (TPSA) is 45.3 Å². The monoisotopic (exact) mass is 139 g/mol. The quantitative estimate of drug-likeness (QED) is 0.458. The second-order valence-corrected chi connectivity index (χ2v) is 2.51. The van der Waals surface area contributed by atoms with Crippen LogP contribution in [0.25, 0.3) is 0 Å². The van der Waals surface area contributed by atoms with Gasteiger partial charge in [-0.2, -0.15) is 5.10 Å². The highest BCUT2D eigenvalue weighted by Gasteiger charge is 2.12. The highest BCUT2D eigenvalue weighted by atomic mass is 16.5. The number of quaternary nitrogens is 1. The van der Waals surface area contributed by atoms with E-state index in [0.717, 1.165) is 12.2 Å². The highest BCUT2D eigenvalue weighted by Crippen LogP contribution is 1.98. The molecule has 1 N–H and O–H groups in total. The van der Waals surface area contributed by atoms with Crippen LogP contribution in [-0.2, 0) is 13.1 Å². The summed E-state index contributed by atoms with van der Waals surface area (Å²) in [5.41, 5.74) is 1.05. The molecule has 0 radical (unpaired) electrons. The molecule has 0 aromatic carbocycles. The Labute approximate surface area is 58.6 Å². The normalized spacial score (nSPS) is 24.3. The van der Waals surface area contributed by atoms with E-state index in [1.165, 1.54) is 0 Å². The summed E-state index contributed by atoms with van der Waals surface area (Å²) in [7, 11) is 0. The fraction of sp³-hybridized carbons (Fsp3) is 0.500. The van der Waals surface area contributed by atoms with Gasteiger partial charge in [0.2, 0.25) is 0 Å². The zero-order chi connectivity index (χ0) is 6.97. The average Bonchev–Trinajstić information content (AvgIpc) is 2.33. The van der Waals surface area contributed by atoms with Gasteiger partial charge in [0.25, 0.3) is 0 Å². The van der Waals surface area contributed by atoms with Crippen LogP contribution in [0, 0.1) is 5.21 Å². The largest absolute Gasteiger partial charge is 0.634 e. The van der Waals surface area contributed by atoms with E-state index < -0.39 is 0 Å². The van der Waals surface area contributed by atoms with E-state index in [0.29, 0.717) is 18.2 Å². The molecular formula is C6H9N3O. The lowest BCUT2D eigenvalue weighted by atomic mass is 10.3. The van der Waals surface area contributed by atoms with Gasteiger partial charge in [-0.15, -0.1) is 0 Å². The van der Waals surface area contributed by atoms with Crippen LogP contribution >= 0.6 is 0 Å². The molecule has 4 heteroatoms. The summed E-state index contributed by atoms with van der Waals surface area (Å²) in [5.74, 6) is 0. The number of rotatable bonds is 0. The molecule has 4 nitrogen and oxygen atoms in total. The predicted molar refractivity (Wildman–Crippen MR) is 35.1 cm³/mol. The van der Waals surface area contributed by atoms with Gasteiger partial charge >= 0.3 is 0 Å². The van der Waals surface area contributed by atoms with E-state index >= 15 is 0 Å². The summed E-state index contributed by atoms with van der Waals surface area (Å²) in [5, 5.41) is 15.3. The Morgan fingerprint density at radius 2 is 2.60 bits per heavy atom. The highest BCUT2D eigenvalue weighted by molar-refractivity contribution is 4.99. The molecule has 0 saturated carbocycles. The predicted octanol–water partition coefficient (Wildman–Crippen LogP) is -1.22.